The van der Waals surface area contributed by atoms with Gasteiger partial charge in [0.2, 0.25) is 0 Å². The molecule has 1 aromatic heterocycles. The van der Waals surface area contributed by atoms with Crippen LogP contribution in [0.25, 0.3) is 0 Å². The van der Waals surface area contributed by atoms with E-state index >= 15 is 0 Å². The summed E-state index contributed by atoms with van der Waals surface area (Å²) < 4.78 is 20.0. The zero-order chi connectivity index (χ0) is 16.2. The second kappa shape index (κ2) is 7.06. The Morgan fingerprint density at radius 3 is 2.91 bits per heavy atom. The first-order chi connectivity index (χ1) is 11.1. The second-order valence-corrected chi connectivity index (χ2v) is 6.52. The number of nitrogens with zero attached hydrogens (tertiary/aromatic N) is 2. The Morgan fingerprint density at radius 2 is 2.30 bits per heavy atom. The van der Waals surface area contributed by atoms with Crippen LogP contribution in [0, 0.1) is 15.9 Å². The fourth-order valence-electron chi connectivity index (χ4n) is 2.74. The third kappa shape index (κ3) is 3.86. The van der Waals surface area contributed by atoms with Crippen molar-refractivity contribution in [3.63, 3.8) is 0 Å². The predicted molar refractivity (Wildman–Crippen MR) is 87.4 cm³/mol. The number of non-ortho nitro benzene ring substituents is 1. The normalized spacial score (nSPS) is 17.3. The molecular weight excluding hydrogens is 319 g/mol. The highest BCUT2D eigenvalue weighted by atomic mass is 32.1. The zero-order valence-corrected chi connectivity index (χ0v) is 13.3. The lowest BCUT2D eigenvalue weighted by Gasteiger charge is -2.27. The lowest BCUT2D eigenvalue weighted by Crippen LogP contribution is -2.32. The van der Waals surface area contributed by atoms with Crippen LogP contribution < -0.4 is 4.90 Å². The third-order valence-corrected chi connectivity index (χ3v) is 4.72. The smallest absolute Gasteiger partial charge is 0.272 e. The van der Waals surface area contributed by atoms with Crippen LogP contribution in [-0.2, 0) is 11.3 Å². The van der Waals surface area contributed by atoms with Gasteiger partial charge in [0.15, 0.2) is 5.82 Å². The van der Waals surface area contributed by atoms with E-state index in [0.717, 1.165) is 30.4 Å². The van der Waals surface area contributed by atoms with Crippen LogP contribution in [0.1, 0.15) is 17.7 Å². The van der Waals surface area contributed by atoms with Crippen molar-refractivity contribution in [3.05, 3.63) is 56.5 Å². The van der Waals surface area contributed by atoms with Crippen molar-refractivity contribution in [2.75, 3.05) is 18.1 Å². The molecule has 23 heavy (non-hydrogen) atoms. The standard InChI is InChI=1S/C16H17FN2O3S/c17-15-9-12(19(20)21)5-6-16(15)18(10-13-3-1-7-22-13)11-14-4-2-8-23-14/h2,4-6,8-9,13H,1,3,7,10-11H2. The maximum absolute atomic E-state index is 14.4. The Morgan fingerprint density at radius 1 is 1.43 bits per heavy atom. The molecule has 5 nitrogen and oxygen atoms in total. The van der Waals surface area contributed by atoms with E-state index in [-0.39, 0.29) is 11.8 Å². The molecule has 1 aromatic carbocycles. The Bertz CT molecular complexity index is 672. The van der Waals surface area contributed by atoms with Gasteiger partial charge >= 0.3 is 0 Å². The number of nitro benzene ring substituents is 1. The molecule has 0 N–H and O–H groups in total. The van der Waals surface area contributed by atoms with E-state index in [1.54, 1.807) is 11.3 Å². The summed E-state index contributed by atoms with van der Waals surface area (Å²) in [4.78, 5) is 13.2. The monoisotopic (exact) mass is 336 g/mol. The number of thiophene rings is 1. The van der Waals surface area contributed by atoms with Crippen LogP contribution in [0.15, 0.2) is 35.7 Å². The van der Waals surface area contributed by atoms with Gasteiger partial charge in [0.05, 0.1) is 29.3 Å². The van der Waals surface area contributed by atoms with Crippen molar-refractivity contribution < 1.29 is 14.1 Å². The number of nitro groups is 1. The molecule has 1 atom stereocenters. The molecule has 1 aliphatic rings. The summed E-state index contributed by atoms with van der Waals surface area (Å²) in [5.74, 6) is -0.575. The molecule has 2 aromatic rings. The summed E-state index contributed by atoms with van der Waals surface area (Å²) in [7, 11) is 0. The van der Waals surface area contributed by atoms with Gasteiger partial charge in [0.25, 0.3) is 5.69 Å². The highest BCUT2D eigenvalue weighted by molar-refractivity contribution is 7.09. The molecule has 3 rings (SSSR count). The van der Waals surface area contributed by atoms with Gasteiger partial charge in [-0.25, -0.2) is 4.39 Å². The molecule has 1 unspecified atom stereocenters. The summed E-state index contributed by atoms with van der Waals surface area (Å²) in [5.41, 5.74) is 0.138. The topological polar surface area (TPSA) is 55.6 Å². The van der Waals surface area contributed by atoms with E-state index in [9.17, 15) is 14.5 Å². The lowest BCUT2D eigenvalue weighted by atomic mass is 10.2. The van der Waals surface area contributed by atoms with Crippen molar-refractivity contribution in [2.24, 2.45) is 0 Å². The van der Waals surface area contributed by atoms with Gasteiger partial charge < -0.3 is 9.64 Å². The molecule has 0 spiro atoms. The summed E-state index contributed by atoms with van der Waals surface area (Å²) in [6.07, 6.45) is 2.04. The Labute approximate surface area is 137 Å². The number of rotatable bonds is 6. The van der Waals surface area contributed by atoms with Crippen molar-refractivity contribution in [3.8, 4) is 0 Å². The summed E-state index contributed by atoms with van der Waals surface area (Å²) in [5, 5.41) is 12.8. The van der Waals surface area contributed by atoms with Crippen LogP contribution in [0.2, 0.25) is 0 Å². The van der Waals surface area contributed by atoms with Crippen LogP contribution in [-0.4, -0.2) is 24.2 Å². The number of halogens is 1. The second-order valence-electron chi connectivity index (χ2n) is 5.49. The first-order valence-electron chi connectivity index (χ1n) is 7.46. The SMILES string of the molecule is O=[N+]([O-])c1ccc(N(Cc2cccs2)CC2CCCO2)c(F)c1. The Balaban J connectivity index is 1.85. The van der Waals surface area contributed by atoms with Gasteiger partial charge in [0.1, 0.15) is 0 Å². The highest BCUT2D eigenvalue weighted by Crippen LogP contribution is 2.28. The van der Waals surface area contributed by atoms with Crippen molar-refractivity contribution in [1.82, 2.24) is 0 Å². The highest BCUT2D eigenvalue weighted by Gasteiger charge is 2.23. The molecule has 2 heterocycles. The average Bonchev–Trinajstić information content (AvgIpc) is 3.20. The lowest BCUT2D eigenvalue weighted by molar-refractivity contribution is -0.385. The maximum atomic E-state index is 14.4. The third-order valence-electron chi connectivity index (χ3n) is 3.86. The fourth-order valence-corrected chi connectivity index (χ4v) is 3.46. The van der Waals surface area contributed by atoms with Crippen molar-refractivity contribution >= 4 is 22.7 Å². The molecule has 0 radical (unpaired) electrons. The molecule has 0 amide bonds. The van der Waals surface area contributed by atoms with Crippen molar-refractivity contribution in [2.45, 2.75) is 25.5 Å². The maximum Gasteiger partial charge on any atom is 0.272 e. The molecule has 1 aliphatic heterocycles. The number of benzene rings is 1. The van der Waals surface area contributed by atoms with E-state index in [0.29, 0.717) is 18.8 Å². The van der Waals surface area contributed by atoms with E-state index < -0.39 is 10.7 Å². The van der Waals surface area contributed by atoms with Crippen LogP contribution in [0.4, 0.5) is 15.8 Å². The molecule has 122 valence electrons. The zero-order valence-electron chi connectivity index (χ0n) is 12.5. The van der Waals surface area contributed by atoms with E-state index in [4.69, 9.17) is 4.74 Å². The molecule has 0 saturated carbocycles. The average molecular weight is 336 g/mol. The minimum atomic E-state index is -0.587. The van der Waals surface area contributed by atoms with Gasteiger partial charge in [-0.15, -0.1) is 11.3 Å². The van der Waals surface area contributed by atoms with Crippen LogP contribution >= 0.6 is 11.3 Å². The minimum absolute atomic E-state index is 0.0737. The quantitative estimate of drug-likeness (QED) is 0.591. The van der Waals surface area contributed by atoms with Gasteiger partial charge in [-0.3, -0.25) is 10.1 Å². The molecule has 7 heteroatoms. The van der Waals surface area contributed by atoms with Gasteiger partial charge in [-0.2, -0.15) is 0 Å². The van der Waals surface area contributed by atoms with Gasteiger partial charge in [0, 0.05) is 24.1 Å². The van der Waals surface area contributed by atoms with Gasteiger partial charge in [-0.05, 0) is 30.4 Å². The Kier molecular flexibility index (Phi) is 4.88. The van der Waals surface area contributed by atoms with E-state index in [1.807, 2.05) is 22.4 Å². The first kappa shape index (κ1) is 15.9. The first-order valence-corrected chi connectivity index (χ1v) is 8.34. The largest absolute Gasteiger partial charge is 0.376 e. The van der Waals surface area contributed by atoms with E-state index in [2.05, 4.69) is 0 Å². The van der Waals surface area contributed by atoms with E-state index in [1.165, 1.54) is 12.1 Å². The molecule has 0 aliphatic carbocycles. The number of ether oxygens (including phenoxy) is 1. The Hall–Kier alpha value is -1.99. The molecule has 1 saturated heterocycles. The molecule has 1 fully saturated rings. The van der Waals surface area contributed by atoms with Gasteiger partial charge in [-0.1, -0.05) is 6.07 Å². The molecule has 0 bridgehead atoms. The molecular formula is C16H17FN2O3S. The van der Waals surface area contributed by atoms with Crippen LogP contribution in [0.5, 0.6) is 0 Å². The predicted octanol–water partition coefficient (Wildman–Crippen LogP) is 3.98. The number of hydrogen-bond acceptors (Lipinski definition) is 5. The summed E-state index contributed by atoms with van der Waals surface area (Å²) >= 11 is 1.60. The van der Waals surface area contributed by atoms with Crippen molar-refractivity contribution in [1.29, 1.82) is 0 Å². The minimum Gasteiger partial charge on any atom is -0.376 e. The fraction of sp³-hybridized carbons (Fsp3) is 0.375. The van der Waals surface area contributed by atoms with Crippen LogP contribution in [0.3, 0.4) is 0 Å². The summed E-state index contributed by atoms with van der Waals surface area (Å²) in [6.45, 7) is 1.87. The number of hydrogen-bond donors (Lipinski definition) is 0. The summed E-state index contributed by atoms with van der Waals surface area (Å²) in [6, 6.07) is 7.75. The number of anilines is 1.